The van der Waals surface area contributed by atoms with E-state index in [-0.39, 0.29) is 93.8 Å². The summed E-state index contributed by atoms with van der Waals surface area (Å²) in [4.78, 5) is 92.0. The molecule has 120 heavy (non-hydrogen) atoms. The molecule has 10 N–H and O–H groups in total. The van der Waals surface area contributed by atoms with Crippen LogP contribution >= 0.6 is 34.0 Å². The van der Waals surface area contributed by atoms with E-state index >= 15 is 0 Å². The van der Waals surface area contributed by atoms with Gasteiger partial charge in [-0.3, -0.25) is 24.0 Å². The van der Waals surface area contributed by atoms with Crippen molar-refractivity contribution in [2.75, 3.05) is 33.2 Å². The Bertz CT molecular complexity index is 5170. The van der Waals surface area contributed by atoms with Gasteiger partial charge in [0.05, 0.1) is 44.5 Å². The number of thiazole rings is 3. The Morgan fingerprint density at radius 1 is 0.383 bits per heavy atom. The van der Waals surface area contributed by atoms with Crippen LogP contribution in [0.5, 0.6) is 29.4 Å². The van der Waals surface area contributed by atoms with Gasteiger partial charge in [0.15, 0.2) is 5.01 Å². The third-order valence-corrected chi connectivity index (χ3v) is 21.4. The van der Waals surface area contributed by atoms with E-state index in [4.69, 9.17) is 52.4 Å². The van der Waals surface area contributed by atoms with Gasteiger partial charge in [-0.05, 0) is 144 Å². The summed E-state index contributed by atoms with van der Waals surface area (Å²) in [6.45, 7) is -7.08. The van der Waals surface area contributed by atoms with Gasteiger partial charge in [0.2, 0.25) is 29.4 Å². The van der Waals surface area contributed by atoms with E-state index < -0.39 is 123 Å². The van der Waals surface area contributed by atoms with Gasteiger partial charge in [-0.15, -0.1) is 34.0 Å². The molecule has 5 aliphatic heterocycles. The monoisotopic (exact) mass is 1750 g/mol. The maximum atomic E-state index is 14.1. The first kappa shape index (κ1) is 89.1. The second-order valence-corrected chi connectivity index (χ2v) is 30.1. The molecule has 0 radical (unpaired) electrons. The average Bonchev–Trinajstić information content (AvgIpc) is 1.01. The molecule has 0 unspecified atom stereocenters. The van der Waals surface area contributed by atoms with Gasteiger partial charge < -0.3 is 66.6 Å². The average molecular weight is 1750 g/mol. The summed E-state index contributed by atoms with van der Waals surface area (Å²) in [5.74, 6) is -6.15. The fourth-order valence-corrected chi connectivity index (χ4v) is 15.3. The third-order valence-electron chi connectivity index (χ3n) is 18.4. The third kappa shape index (κ3) is 22.4. The number of carbonyl (C=O) groups is 5. The summed E-state index contributed by atoms with van der Waals surface area (Å²) in [7, 11) is 0. The minimum atomic E-state index is -2.93. The highest BCUT2D eigenvalue weighted by Gasteiger charge is 2.34. The Morgan fingerprint density at radius 2 is 0.650 bits per heavy atom. The molecule has 5 aliphatic rings. The fourth-order valence-electron chi connectivity index (χ4n) is 12.8. The number of hydrogen-bond acceptors (Lipinski definition) is 24. The lowest BCUT2D eigenvalue weighted by atomic mass is 9.94. The quantitative estimate of drug-likeness (QED) is 0.0393. The van der Waals surface area contributed by atoms with Crippen LogP contribution in [0.2, 0.25) is 0 Å². The Morgan fingerprint density at radius 3 is 0.900 bits per heavy atom. The summed E-state index contributed by atoms with van der Waals surface area (Å²) >= 11 is 3.74. The number of benzene rings is 2. The van der Waals surface area contributed by atoms with Crippen molar-refractivity contribution in [2.24, 2.45) is 28.7 Å². The molecule has 0 fully saturated rings. The van der Waals surface area contributed by atoms with Crippen LogP contribution < -0.4 is 52.4 Å². The van der Waals surface area contributed by atoms with Gasteiger partial charge in [0.25, 0.3) is 36.0 Å². The van der Waals surface area contributed by atoms with Crippen molar-refractivity contribution >= 4 is 63.5 Å². The maximum absolute atomic E-state index is 14.1. The number of aryl methyl sites for hydroxylation is 2. The van der Waals surface area contributed by atoms with E-state index in [2.05, 4.69) is 54.1 Å². The number of amides is 5. The molecule has 0 bridgehead atoms. The minimum Gasteiger partial charge on any atom is -0.472 e. The number of halogens is 14. The van der Waals surface area contributed by atoms with Crippen molar-refractivity contribution in [3.8, 4) is 83.0 Å². The maximum Gasteiger partial charge on any atom is 0.345 e. The molecular formula is C77H69F14N13O13S3. The molecule has 636 valence electrons. The fraction of sp³-hybridized carbons (Fsp3) is 0.338. The number of nitrogens with two attached hydrogens (primary N) is 5. The van der Waals surface area contributed by atoms with Crippen LogP contribution in [-0.4, -0.2) is 153 Å². The number of nitrogens with zero attached hydrogens (tertiary/aromatic N) is 8. The van der Waals surface area contributed by atoms with Crippen molar-refractivity contribution in [3.05, 3.63) is 180 Å². The zero-order chi connectivity index (χ0) is 86.5. The molecule has 8 aromatic heterocycles. The summed E-state index contributed by atoms with van der Waals surface area (Å²) in [5.41, 5.74) is 32.4. The van der Waals surface area contributed by atoms with Crippen LogP contribution in [0.1, 0.15) is 134 Å². The molecule has 13 heterocycles. The highest BCUT2D eigenvalue weighted by Crippen LogP contribution is 2.44. The molecule has 0 spiro atoms. The summed E-state index contributed by atoms with van der Waals surface area (Å²) in [5, 5.41) is 1.42. The van der Waals surface area contributed by atoms with Crippen LogP contribution in [0.15, 0.2) is 85.3 Å². The van der Waals surface area contributed by atoms with Crippen molar-refractivity contribution in [3.63, 3.8) is 0 Å². The van der Waals surface area contributed by atoms with Crippen molar-refractivity contribution in [1.82, 2.24) is 39.9 Å². The number of primary amides is 5. The van der Waals surface area contributed by atoms with Gasteiger partial charge in [-0.1, -0.05) is 0 Å². The zero-order valence-corrected chi connectivity index (χ0v) is 65.1. The first-order chi connectivity index (χ1) is 57.2. The molecule has 5 atom stereocenters. The molecule has 26 nitrogen and oxygen atoms in total. The lowest BCUT2D eigenvalue weighted by Crippen LogP contribution is -2.30. The second kappa shape index (κ2) is 39.9. The summed E-state index contributed by atoms with van der Waals surface area (Å²) in [6.07, 6.45) is 3.45. The van der Waals surface area contributed by atoms with E-state index in [9.17, 15) is 85.4 Å². The Hall–Kier alpha value is -11.7. The topological polar surface area (TPSA) is 392 Å². The van der Waals surface area contributed by atoms with E-state index in [0.29, 0.717) is 102 Å². The van der Waals surface area contributed by atoms with Crippen LogP contribution in [0.3, 0.4) is 0 Å². The lowest BCUT2D eigenvalue weighted by Gasteiger charge is -2.26. The van der Waals surface area contributed by atoms with E-state index in [1.165, 1.54) is 59.2 Å². The predicted molar refractivity (Wildman–Crippen MR) is 404 cm³/mol. The number of hydrogen-bond donors (Lipinski definition) is 5. The highest BCUT2D eigenvalue weighted by atomic mass is 32.1. The van der Waals surface area contributed by atoms with Gasteiger partial charge >= 0.3 is 19.8 Å². The molecule has 0 saturated carbocycles. The minimum absolute atomic E-state index is 0.0532. The first-order valence-corrected chi connectivity index (χ1v) is 38.5. The van der Waals surface area contributed by atoms with Gasteiger partial charge in [-0.2, -0.15) is 26.3 Å². The zero-order valence-electron chi connectivity index (χ0n) is 62.7. The molecular weight excluding hydrogens is 1680 g/mol. The van der Waals surface area contributed by atoms with Crippen molar-refractivity contribution in [1.29, 1.82) is 0 Å². The van der Waals surface area contributed by atoms with Gasteiger partial charge in [-0.25, -0.2) is 75.0 Å². The number of pyridine rings is 5. The molecule has 0 saturated heterocycles. The lowest BCUT2D eigenvalue weighted by molar-refractivity contribution is -0.146. The van der Waals surface area contributed by atoms with Crippen molar-refractivity contribution in [2.45, 2.75) is 135 Å². The number of aromatic nitrogens is 8. The standard InChI is InChI=1S/2C16H13F3N2O2.C15H13F4N3O3S.2C15H15F2N3O3S/c2*17-7-9-2-4-11-12(10-3-1-8(18)5-13(10)19)6-14(15(20)22)21-16(11)23-9;16-11(17)14-21-4-10(26-14)8-3-9(12(20)23)22-13-7(8)2-1-6(25-13)5-24-15(18)19;2*1-7-19-5-12(24-7)10-4-11(13(18)21)20-14-9(10)3-2-8(23-14)6-22-15(16)17/h2*1,3,5-6,9H,2,4,7H2,(H2,20,22);3-4,6,11,15H,1-2,5H2,(H2,20,23);2*4-5,8,15H,2-3,6H2,1H3,(H2,18,21)/t2*9-;6-;2*8-/m10010/s1. The number of alkyl halides is 10. The number of carbonyl (C=O) groups excluding carboxylic acids is 5. The largest absolute Gasteiger partial charge is 0.472 e. The van der Waals surface area contributed by atoms with Crippen LogP contribution in [0.4, 0.5) is 61.5 Å². The van der Waals surface area contributed by atoms with Crippen LogP contribution in [-0.2, 0) is 46.3 Å². The van der Waals surface area contributed by atoms with E-state index in [0.717, 1.165) is 77.6 Å². The highest BCUT2D eigenvalue weighted by molar-refractivity contribution is 7.15. The Balaban J connectivity index is 0.000000147. The SMILES string of the molecule is Cc1ncc(-c2cc(C(N)=O)nc3c2CC[C@@H](COC(F)F)O3)s1.Cc1ncc(-c2cc(C(N)=O)nc3c2CC[C@H](COC(F)F)O3)s1.NC(=O)c1cc(-c2ccc(F)cc2F)c2c(n1)O[C@@H](CF)CC2.NC(=O)c1cc(-c2ccc(F)cc2F)c2c(n1)O[C@H](CF)CC2.NC(=O)c1cc(-c2cnc(C(F)F)s2)c2c(n1)O[C@H](COC(F)F)CC2. The Kier molecular flexibility index (Phi) is 29.7. The Labute approximate surface area is 683 Å². The molecule has 2 aromatic carbocycles. The summed E-state index contributed by atoms with van der Waals surface area (Å²) < 4.78 is 219. The molecule has 5 amide bonds. The van der Waals surface area contributed by atoms with E-state index in [1.807, 2.05) is 13.8 Å². The first-order valence-electron chi connectivity index (χ1n) is 36.0. The van der Waals surface area contributed by atoms with E-state index in [1.54, 1.807) is 24.5 Å². The summed E-state index contributed by atoms with van der Waals surface area (Å²) in [6, 6.07) is 13.6. The van der Waals surface area contributed by atoms with Crippen LogP contribution in [0.25, 0.3) is 53.6 Å². The molecule has 0 aliphatic carbocycles. The molecule has 15 rings (SSSR count). The predicted octanol–water partition coefficient (Wildman–Crippen LogP) is 13.8. The normalized spacial score (nSPS) is 16.6. The number of ether oxygens (including phenoxy) is 8. The molecule has 43 heteroatoms. The van der Waals surface area contributed by atoms with Crippen LogP contribution in [0, 0.1) is 37.1 Å². The van der Waals surface area contributed by atoms with Crippen molar-refractivity contribution < 1.29 is 123 Å². The molecule has 10 aromatic rings. The van der Waals surface area contributed by atoms with Gasteiger partial charge in [0.1, 0.15) is 95.6 Å². The number of fused-ring (bicyclic) bond motifs is 5. The second-order valence-electron chi connectivity index (χ2n) is 26.6. The smallest absolute Gasteiger partial charge is 0.345 e. The van der Waals surface area contributed by atoms with Gasteiger partial charge in [0, 0.05) is 86.4 Å². The number of rotatable bonds is 22.